The number of unbranched alkanes of at least 4 members (excludes halogenated alkanes) is 1. The van der Waals surface area contributed by atoms with Gasteiger partial charge in [0.25, 0.3) is 5.91 Å². The van der Waals surface area contributed by atoms with Crippen LogP contribution < -0.4 is 5.32 Å². The van der Waals surface area contributed by atoms with E-state index in [0.717, 1.165) is 66.5 Å². The lowest BCUT2D eigenvalue weighted by Crippen LogP contribution is -2.33. The Labute approximate surface area is 213 Å². The smallest absolute Gasteiger partial charge is 0.252 e. The van der Waals surface area contributed by atoms with Gasteiger partial charge < -0.3 is 10.3 Å². The van der Waals surface area contributed by atoms with E-state index in [1.807, 2.05) is 30.5 Å². The fraction of sp³-hybridized carbons (Fsp3) is 0.333. The highest BCUT2D eigenvalue weighted by atomic mass is 79.9. The zero-order chi connectivity index (χ0) is 24.0. The van der Waals surface area contributed by atoms with E-state index >= 15 is 0 Å². The van der Waals surface area contributed by atoms with Crippen LogP contribution in [0.15, 0.2) is 65.5 Å². The number of aryl methyl sites for hydroxylation is 1. The number of rotatable bonds is 9. The Hall–Kier alpha value is -3.10. The van der Waals surface area contributed by atoms with Gasteiger partial charge in [-0.15, -0.1) is 0 Å². The fourth-order valence-corrected chi connectivity index (χ4v) is 5.20. The average molecular weight is 533 g/mol. The number of imidazole rings is 1. The van der Waals surface area contributed by atoms with Crippen LogP contribution in [0, 0.1) is 0 Å². The monoisotopic (exact) mass is 532 g/mol. The van der Waals surface area contributed by atoms with Crippen LogP contribution >= 0.6 is 15.9 Å². The van der Waals surface area contributed by atoms with Crippen molar-refractivity contribution in [2.24, 2.45) is 0 Å². The lowest BCUT2D eigenvalue weighted by atomic mass is 9.90. The number of carbonyl (C=O) groups is 1. The van der Waals surface area contributed by atoms with Crippen LogP contribution in [-0.4, -0.2) is 43.8 Å². The first kappa shape index (κ1) is 23.6. The fourth-order valence-electron chi connectivity index (χ4n) is 4.84. The number of aromatic nitrogens is 4. The van der Waals surface area contributed by atoms with Crippen LogP contribution in [0.25, 0.3) is 11.0 Å². The zero-order valence-electron chi connectivity index (χ0n) is 19.6. The lowest BCUT2D eigenvalue weighted by molar-refractivity contribution is 0.0951. The topological polar surface area (TPSA) is 86.8 Å². The van der Waals surface area contributed by atoms with Crippen LogP contribution in [0.3, 0.4) is 0 Å². The van der Waals surface area contributed by atoms with E-state index in [1.165, 1.54) is 11.3 Å². The number of benzene rings is 1. The number of fused-ring (bicyclic) bond motifs is 2. The van der Waals surface area contributed by atoms with Gasteiger partial charge >= 0.3 is 0 Å². The van der Waals surface area contributed by atoms with Gasteiger partial charge in [0.1, 0.15) is 5.82 Å². The Morgan fingerprint density at radius 1 is 1.17 bits per heavy atom. The molecule has 0 aliphatic heterocycles. The van der Waals surface area contributed by atoms with E-state index in [0.29, 0.717) is 12.1 Å². The number of hydrogen-bond acceptors (Lipinski definition) is 5. The van der Waals surface area contributed by atoms with Gasteiger partial charge in [-0.25, -0.2) is 4.98 Å². The highest BCUT2D eigenvalue weighted by Gasteiger charge is 2.27. The second-order valence-corrected chi connectivity index (χ2v) is 9.90. The number of aromatic amines is 1. The normalized spacial score (nSPS) is 15.3. The third-order valence-corrected chi connectivity index (χ3v) is 6.96. The number of H-pyrrole nitrogens is 1. The van der Waals surface area contributed by atoms with Crippen LogP contribution in [0.1, 0.15) is 59.2 Å². The average Bonchev–Trinajstić information content (AvgIpc) is 3.30. The van der Waals surface area contributed by atoms with Gasteiger partial charge in [0.2, 0.25) is 0 Å². The van der Waals surface area contributed by atoms with Crippen LogP contribution in [0.2, 0.25) is 0 Å². The molecule has 0 saturated heterocycles. The van der Waals surface area contributed by atoms with Gasteiger partial charge in [-0.1, -0.05) is 18.2 Å². The number of carbonyl (C=O) groups excluding carboxylic acids is 1. The molecule has 4 aromatic rings. The molecule has 0 radical (unpaired) electrons. The van der Waals surface area contributed by atoms with Gasteiger partial charge in [-0.05, 0) is 84.4 Å². The summed E-state index contributed by atoms with van der Waals surface area (Å²) in [5.41, 5.74) is 5.18. The standard InChI is InChI=1S/C27H29BrN6O/c28-21-15-20(16-29-17-21)27(35)31-12-3-4-14-34(18-25-32-22-9-1-2-10-23(22)33-25)24-11-5-7-19-8-6-13-30-26(19)24/h1-2,6,8-10,13,15-17,24H,3-5,7,11-12,14,18H2,(H,31,35)(H,32,33). The number of amides is 1. The first-order valence-electron chi connectivity index (χ1n) is 12.2. The first-order chi connectivity index (χ1) is 17.2. The molecule has 1 aliphatic carbocycles. The number of nitrogens with zero attached hydrogens (tertiary/aromatic N) is 4. The third kappa shape index (κ3) is 5.77. The molecule has 7 nitrogen and oxygen atoms in total. The SMILES string of the molecule is O=C(NCCCCN(Cc1nc2ccccc2[nH]1)C1CCCc2cccnc21)c1cncc(Br)c1. The minimum absolute atomic E-state index is 0.0941. The van der Waals surface area contributed by atoms with E-state index in [-0.39, 0.29) is 11.9 Å². The Morgan fingerprint density at radius 3 is 2.97 bits per heavy atom. The van der Waals surface area contributed by atoms with E-state index < -0.39 is 0 Å². The molecule has 8 heteroatoms. The van der Waals surface area contributed by atoms with Crippen molar-refractivity contribution >= 4 is 32.9 Å². The maximum Gasteiger partial charge on any atom is 0.252 e. The summed E-state index contributed by atoms with van der Waals surface area (Å²) >= 11 is 3.37. The molecule has 1 aliphatic rings. The van der Waals surface area contributed by atoms with Crippen molar-refractivity contribution < 1.29 is 4.79 Å². The summed E-state index contributed by atoms with van der Waals surface area (Å²) in [6.07, 6.45) is 10.4. The van der Waals surface area contributed by atoms with Gasteiger partial charge in [-0.3, -0.25) is 19.7 Å². The predicted molar refractivity (Wildman–Crippen MR) is 140 cm³/mol. The summed E-state index contributed by atoms with van der Waals surface area (Å²) in [4.78, 5) is 32.1. The molecule has 35 heavy (non-hydrogen) atoms. The Balaban J connectivity index is 1.24. The molecule has 0 saturated carbocycles. The molecule has 1 amide bonds. The molecule has 1 aromatic carbocycles. The number of para-hydroxylation sites is 2. The van der Waals surface area contributed by atoms with Crippen molar-refractivity contribution in [3.8, 4) is 0 Å². The lowest BCUT2D eigenvalue weighted by Gasteiger charge is -2.34. The Bertz CT molecular complexity index is 1270. The molecule has 0 fully saturated rings. The van der Waals surface area contributed by atoms with Crippen molar-refractivity contribution in [1.29, 1.82) is 0 Å². The van der Waals surface area contributed by atoms with Crippen molar-refractivity contribution in [2.45, 2.75) is 44.7 Å². The molecule has 5 rings (SSSR count). The molecule has 2 N–H and O–H groups in total. The summed E-state index contributed by atoms with van der Waals surface area (Å²) in [7, 11) is 0. The second-order valence-electron chi connectivity index (χ2n) is 8.98. The van der Waals surface area contributed by atoms with Crippen LogP contribution in [0.5, 0.6) is 0 Å². The maximum atomic E-state index is 12.4. The number of halogens is 1. The molecule has 3 aromatic heterocycles. The van der Waals surface area contributed by atoms with Crippen molar-refractivity contribution in [1.82, 2.24) is 30.2 Å². The number of pyridine rings is 2. The largest absolute Gasteiger partial charge is 0.352 e. The van der Waals surface area contributed by atoms with Crippen LogP contribution in [-0.2, 0) is 13.0 Å². The second kappa shape index (κ2) is 11.1. The predicted octanol–water partition coefficient (Wildman–Crippen LogP) is 5.21. The van der Waals surface area contributed by atoms with Gasteiger partial charge in [0.15, 0.2) is 0 Å². The summed E-state index contributed by atoms with van der Waals surface area (Å²) in [5.74, 6) is 0.882. The van der Waals surface area contributed by atoms with Crippen molar-refractivity contribution in [2.75, 3.05) is 13.1 Å². The van der Waals surface area contributed by atoms with Gasteiger partial charge in [0, 0.05) is 29.6 Å². The van der Waals surface area contributed by atoms with Crippen molar-refractivity contribution in [3.05, 3.63) is 88.2 Å². The highest BCUT2D eigenvalue weighted by Crippen LogP contribution is 2.33. The zero-order valence-corrected chi connectivity index (χ0v) is 21.2. The molecule has 0 spiro atoms. The van der Waals surface area contributed by atoms with Gasteiger partial charge in [-0.2, -0.15) is 0 Å². The summed E-state index contributed by atoms with van der Waals surface area (Å²) in [6, 6.07) is 14.5. The third-order valence-electron chi connectivity index (χ3n) is 6.52. The summed E-state index contributed by atoms with van der Waals surface area (Å²) in [5, 5.41) is 3.01. The van der Waals surface area contributed by atoms with Gasteiger partial charge in [0.05, 0.1) is 34.9 Å². The highest BCUT2D eigenvalue weighted by molar-refractivity contribution is 9.10. The minimum atomic E-state index is -0.0941. The van der Waals surface area contributed by atoms with Crippen molar-refractivity contribution in [3.63, 3.8) is 0 Å². The maximum absolute atomic E-state index is 12.4. The molecular weight excluding hydrogens is 504 g/mol. The minimum Gasteiger partial charge on any atom is -0.352 e. The van der Waals surface area contributed by atoms with E-state index in [4.69, 9.17) is 9.97 Å². The van der Waals surface area contributed by atoms with Crippen LogP contribution in [0.4, 0.5) is 0 Å². The molecule has 1 unspecified atom stereocenters. The van der Waals surface area contributed by atoms with E-state index in [2.05, 4.69) is 48.2 Å². The molecule has 180 valence electrons. The quantitative estimate of drug-likeness (QED) is 0.289. The van der Waals surface area contributed by atoms with E-state index in [1.54, 1.807) is 18.5 Å². The summed E-state index contributed by atoms with van der Waals surface area (Å²) in [6.45, 7) is 2.28. The molecule has 3 heterocycles. The van der Waals surface area contributed by atoms with E-state index in [9.17, 15) is 4.79 Å². The first-order valence-corrected chi connectivity index (χ1v) is 13.0. The number of nitrogens with one attached hydrogen (secondary N) is 2. The number of hydrogen-bond donors (Lipinski definition) is 2. The molecule has 1 atom stereocenters. The molecular formula is C27H29BrN6O. The summed E-state index contributed by atoms with van der Waals surface area (Å²) < 4.78 is 0.799. The Morgan fingerprint density at radius 2 is 2.09 bits per heavy atom. The Kier molecular flexibility index (Phi) is 7.49. The molecule has 0 bridgehead atoms.